The molecule has 9 heteroatoms. The zero-order valence-electron chi connectivity index (χ0n) is 22.4. The van der Waals surface area contributed by atoms with Gasteiger partial charge in [0.1, 0.15) is 0 Å². The van der Waals surface area contributed by atoms with E-state index in [0.29, 0.717) is 18.9 Å². The normalized spacial score (nSPS) is 37.9. The van der Waals surface area contributed by atoms with Gasteiger partial charge in [0.15, 0.2) is 11.9 Å². The molecule has 9 nitrogen and oxygen atoms in total. The van der Waals surface area contributed by atoms with Crippen molar-refractivity contribution in [2.45, 2.75) is 89.7 Å². The number of amides is 1. The van der Waals surface area contributed by atoms with Crippen molar-refractivity contribution in [1.29, 1.82) is 0 Å². The van der Waals surface area contributed by atoms with Crippen molar-refractivity contribution < 1.29 is 33.6 Å². The van der Waals surface area contributed by atoms with E-state index in [1.54, 1.807) is 0 Å². The molecule has 2 bridgehead atoms. The third kappa shape index (κ3) is 4.43. The number of aromatic amines is 1. The molecule has 0 radical (unpaired) electrons. The van der Waals surface area contributed by atoms with Crippen LogP contribution in [-0.4, -0.2) is 47.4 Å². The van der Waals surface area contributed by atoms with Crippen LogP contribution in [0.25, 0.3) is 10.9 Å². The van der Waals surface area contributed by atoms with Crippen LogP contribution in [0.15, 0.2) is 30.5 Å². The number of nitrogens with one attached hydrogen (secondary N) is 2. The molecule has 5 heterocycles. The Morgan fingerprint density at radius 2 is 1.95 bits per heavy atom. The van der Waals surface area contributed by atoms with Crippen molar-refractivity contribution in [3.05, 3.63) is 36.0 Å². The minimum atomic E-state index is -0.878. The van der Waals surface area contributed by atoms with E-state index < -0.39 is 29.9 Å². The lowest BCUT2D eigenvalue weighted by molar-refractivity contribution is -0.576. The van der Waals surface area contributed by atoms with Gasteiger partial charge in [0.25, 0.3) is 0 Å². The first-order valence-electron chi connectivity index (χ1n) is 14.0. The van der Waals surface area contributed by atoms with Gasteiger partial charge in [-0.3, -0.25) is 9.59 Å². The molecule has 1 aliphatic carbocycles. The number of aromatic nitrogens is 1. The number of carbonyl (C=O) groups excluding carboxylic acids is 2. The molecular formula is C29H38N2O7. The number of H-pyrrole nitrogens is 1. The zero-order chi connectivity index (χ0) is 26.5. The van der Waals surface area contributed by atoms with Crippen LogP contribution in [0.5, 0.6) is 0 Å². The first-order chi connectivity index (χ1) is 18.3. The Hall–Kier alpha value is -2.46. The van der Waals surface area contributed by atoms with E-state index in [9.17, 15) is 9.59 Å². The maximum absolute atomic E-state index is 12.8. The van der Waals surface area contributed by atoms with Crippen LogP contribution in [0.3, 0.4) is 0 Å². The van der Waals surface area contributed by atoms with Crippen LogP contribution < -0.4 is 5.32 Å². The lowest BCUT2D eigenvalue weighted by Crippen LogP contribution is -2.70. The Morgan fingerprint density at radius 3 is 2.82 bits per heavy atom. The van der Waals surface area contributed by atoms with Crippen LogP contribution in [0.1, 0.15) is 64.9 Å². The molecule has 1 spiro atoms. The van der Waals surface area contributed by atoms with E-state index in [1.807, 2.05) is 38.2 Å². The van der Waals surface area contributed by atoms with Gasteiger partial charge in [0, 0.05) is 48.3 Å². The van der Waals surface area contributed by atoms with Crippen molar-refractivity contribution in [2.24, 2.45) is 23.7 Å². The van der Waals surface area contributed by atoms with Gasteiger partial charge >= 0.3 is 5.97 Å². The van der Waals surface area contributed by atoms with E-state index >= 15 is 0 Å². The number of hydrogen-bond acceptors (Lipinski definition) is 7. The summed E-state index contributed by atoms with van der Waals surface area (Å²) in [5, 5.41) is 4.07. The predicted octanol–water partition coefficient (Wildman–Crippen LogP) is 4.36. The smallest absolute Gasteiger partial charge is 0.308 e. The topological polar surface area (TPSA) is 108 Å². The summed E-state index contributed by atoms with van der Waals surface area (Å²) in [5.41, 5.74) is 1.54. The van der Waals surface area contributed by atoms with E-state index in [4.69, 9.17) is 24.0 Å². The molecule has 1 amide bonds. The second kappa shape index (κ2) is 9.93. The second-order valence-corrected chi connectivity index (χ2v) is 11.7. The molecule has 4 saturated heterocycles. The number of para-hydroxylation sites is 1. The van der Waals surface area contributed by atoms with Gasteiger partial charge in [0.05, 0.1) is 6.42 Å². The van der Waals surface area contributed by atoms with Crippen molar-refractivity contribution >= 4 is 22.8 Å². The molecule has 7 rings (SSSR count). The highest BCUT2D eigenvalue weighted by atomic mass is 17.3. The molecule has 2 N–H and O–H groups in total. The van der Waals surface area contributed by atoms with Gasteiger partial charge < -0.3 is 24.5 Å². The number of hydrogen-bond donors (Lipinski definition) is 2. The number of ether oxygens (including phenoxy) is 3. The molecule has 38 heavy (non-hydrogen) atoms. The molecule has 2 aromatic rings. The minimum Gasteiger partial charge on any atom is -0.435 e. The highest BCUT2D eigenvalue weighted by molar-refractivity contribution is 5.83. The van der Waals surface area contributed by atoms with Gasteiger partial charge in [-0.15, -0.1) is 0 Å². The average molecular weight is 527 g/mol. The highest BCUT2D eigenvalue weighted by Crippen LogP contribution is 2.60. The predicted molar refractivity (Wildman–Crippen MR) is 137 cm³/mol. The number of carbonyl (C=O) groups is 2. The summed E-state index contributed by atoms with van der Waals surface area (Å²) in [7, 11) is 0. The molecule has 1 saturated carbocycles. The maximum Gasteiger partial charge on any atom is 0.308 e. The SMILES string of the molecule is CC1CCC2C(C)C(OC(=O)CCC(=O)NCCc3c[nH]c4ccccc34)OC3OC4(C)CCC1C32OO4. The molecule has 1 aromatic carbocycles. The summed E-state index contributed by atoms with van der Waals surface area (Å²) < 4.78 is 18.4. The first kappa shape index (κ1) is 25.8. The van der Waals surface area contributed by atoms with Gasteiger partial charge in [-0.2, -0.15) is 0 Å². The third-order valence-corrected chi connectivity index (χ3v) is 9.29. The summed E-state index contributed by atoms with van der Waals surface area (Å²) in [4.78, 5) is 40.4. The van der Waals surface area contributed by atoms with Crippen LogP contribution in [0, 0.1) is 23.7 Å². The Balaban J connectivity index is 1.02. The van der Waals surface area contributed by atoms with Crippen molar-refractivity contribution in [3.63, 3.8) is 0 Å². The van der Waals surface area contributed by atoms with Gasteiger partial charge in [0.2, 0.25) is 18.0 Å². The van der Waals surface area contributed by atoms with E-state index in [1.165, 1.54) is 0 Å². The second-order valence-electron chi connectivity index (χ2n) is 11.7. The van der Waals surface area contributed by atoms with Gasteiger partial charge in [-0.1, -0.05) is 32.0 Å². The molecule has 5 fully saturated rings. The summed E-state index contributed by atoms with van der Waals surface area (Å²) in [6.07, 6.45) is 4.99. The largest absolute Gasteiger partial charge is 0.435 e. The van der Waals surface area contributed by atoms with E-state index in [0.717, 1.165) is 42.1 Å². The van der Waals surface area contributed by atoms with Crippen LogP contribution >= 0.6 is 0 Å². The fourth-order valence-corrected chi connectivity index (χ4v) is 7.17. The minimum absolute atomic E-state index is 0.0101. The Bertz CT molecular complexity index is 1200. The summed E-state index contributed by atoms with van der Waals surface area (Å²) >= 11 is 0. The first-order valence-corrected chi connectivity index (χ1v) is 14.0. The fraction of sp³-hybridized carbons (Fsp3) is 0.655. The number of fused-ring (bicyclic) bond motifs is 3. The molecule has 8 unspecified atom stereocenters. The molecule has 5 aliphatic rings. The Labute approximate surface area is 222 Å². The highest BCUT2D eigenvalue weighted by Gasteiger charge is 2.69. The lowest BCUT2D eigenvalue weighted by atomic mass is 9.58. The third-order valence-electron chi connectivity index (χ3n) is 9.29. The lowest BCUT2D eigenvalue weighted by Gasteiger charge is -2.59. The van der Waals surface area contributed by atoms with Crippen molar-refractivity contribution in [2.75, 3.05) is 6.54 Å². The van der Waals surface area contributed by atoms with E-state index in [-0.39, 0.29) is 36.5 Å². The van der Waals surface area contributed by atoms with Crippen LogP contribution in [-0.2, 0) is 40.0 Å². The summed E-state index contributed by atoms with van der Waals surface area (Å²) in [5.74, 6) is -0.802. The molecule has 1 aromatic heterocycles. The summed E-state index contributed by atoms with van der Waals surface area (Å²) in [6, 6.07) is 8.08. The monoisotopic (exact) mass is 526 g/mol. The molecule has 8 atom stereocenters. The zero-order valence-corrected chi connectivity index (χ0v) is 22.4. The van der Waals surface area contributed by atoms with Gasteiger partial charge in [-0.05, 0) is 56.1 Å². The Morgan fingerprint density at radius 1 is 1.11 bits per heavy atom. The number of esters is 1. The number of benzene rings is 1. The van der Waals surface area contributed by atoms with Crippen LogP contribution in [0.4, 0.5) is 0 Å². The van der Waals surface area contributed by atoms with Crippen LogP contribution in [0.2, 0.25) is 0 Å². The fourth-order valence-electron chi connectivity index (χ4n) is 7.17. The Kier molecular flexibility index (Phi) is 6.74. The molecule has 4 aliphatic heterocycles. The average Bonchev–Trinajstić information content (AvgIpc) is 3.17. The molecule has 206 valence electrons. The van der Waals surface area contributed by atoms with E-state index in [2.05, 4.69) is 23.3 Å². The number of rotatable bonds is 7. The van der Waals surface area contributed by atoms with Crippen molar-refractivity contribution in [1.82, 2.24) is 10.3 Å². The standard InChI is InChI=1S/C29H38N2O7/c1-17-8-9-22-18(2)26(35-27-29(22)21(17)12-14-28(3,36-27)37-38-29)34-25(33)11-10-24(32)30-15-13-19-16-31-23-7-5-4-6-20(19)23/h4-7,16-18,21-22,26-27,31H,8-15H2,1-3H3,(H,30,32). The van der Waals surface area contributed by atoms with Gasteiger partial charge in [-0.25, -0.2) is 9.78 Å². The van der Waals surface area contributed by atoms with Crippen molar-refractivity contribution in [3.8, 4) is 0 Å². The maximum atomic E-state index is 12.8. The summed E-state index contributed by atoms with van der Waals surface area (Å²) in [6.45, 7) is 6.68. The molecular weight excluding hydrogens is 488 g/mol. The quantitative estimate of drug-likeness (QED) is 0.408.